The lowest BCUT2D eigenvalue weighted by Crippen LogP contribution is -2.55. The molecule has 0 N–H and O–H groups in total. The van der Waals surface area contributed by atoms with Gasteiger partial charge in [-0.15, -0.1) is 0 Å². The average Bonchev–Trinajstić information content (AvgIpc) is 3.24. The van der Waals surface area contributed by atoms with Crippen molar-refractivity contribution in [3.05, 3.63) is 72.9 Å². The van der Waals surface area contributed by atoms with Crippen molar-refractivity contribution in [2.45, 2.75) is 219 Å². The Balaban J connectivity index is 4.35. The Morgan fingerprint density at radius 1 is 0.492 bits per heavy atom. The number of carboxylic acids is 1. The first-order valence-electron chi connectivity index (χ1n) is 25.5. The highest BCUT2D eigenvalue weighted by Gasteiger charge is 2.25. The lowest BCUT2D eigenvalue weighted by atomic mass is 10.0. The van der Waals surface area contributed by atoms with Crippen molar-refractivity contribution in [3.63, 3.8) is 0 Å². The van der Waals surface area contributed by atoms with Crippen molar-refractivity contribution in [2.24, 2.45) is 0 Å². The van der Waals surface area contributed by atoms with Crippen LogP contribution in [0.25, 0.3) is 0 Å². The van der Waals surface area contributed by atoms with Crippen LogP contribution < -0.4 is 5.11 Å². The molecule has 8 nitrogen and oxygen atoms in total. The molecule has 63 heavy (non-hydrogen) atoms. The van der Waals surface area contributed by atoms with Crippen LogP contribution in [-0.2, 0) is 28.6 Å². The van der Waals surface area contributed by atoms with Crippen molar-refractivity contribution in [1.82, 2.24) is 0 Å². The van der Waals surface area contributed by atoms with Crippen LogP contribution in [0.1, 0.15) is 206 Å². The van der Waals surface area contributed by atoms with Crippen LogP contribution >= 0.6 is 0 Å². The van der Waals surface area contributed by atoms with E-state index in [1.165, 1.54) is 103 Å². The van der Waals surface area contributed by atoms with Crippen molar-refractivity contribution >= 4 is 17.9 Å². The molecule has 0 aliphatic rings. The standard InChI is InChI=1S/C55H95NO7/c1-6-8-10-12-14-16-18-20-22-24-26-28-30-32-34-36-38-40-42-44-46-54(58)63-51(49-61-48-47-52(55(59)60)56(3,4)5)50-62-53(57)45-43-41-39-37-35-33-31-29-27-25-23-21-19-17-15-13-11-9-7-2/h8,10,14,16,20,22,26,28,32,34,38,40,51-52H,6-7,9,11-13,15,17-19,21,23-25,27,29-31,33,35-37,39,41-50H2,1-5H3/b10-8+,16-14+,22-20+,28-26+,34-32+,40-38+. The maximum Gasteiger partial charge on any atom is 0.306 e. The molecule has 0 aromatic carbocycles. The number of carboxylic acid groups (broad SMARTS) is 1. The molecule has 0 aromatic heterocycles. The highest BCUT2D eigenvalue weighted by Crippen LogP contribution is 2.16. The fourth-order valence-corrected chi connectivity index (χ4v) is 7.20. The van der Waals surface area contributed by atoms with Crippen LogP contribution in [0.2, 0.25) is 0 Å². The minimum absolute atomic E-state index is 0.0162. The number of unbranched alkanes of at least 4 members (excludes halogenated alkanes) is 19. The second-order valence-corrected chi connectivity index (χ2v) is 18.0. The summed E-state index contributed by atoms with van der Waals surface area (Å²) in [4.78, 5) is 37.0. The van der Waals surface area contributed by atoms with Gasteiger partial charge in [-0.2, -0.15) is 0 Å². The molecule has 0 rings (SSSR count). The molecule has 2 atom stereocenters. The van der Waals surface area contributed by atoms with Crippen molar-refractivity contribution in [2.75, 3.05) is 41.0 Å². The number of quaternary nitrogens is 1. The number of rotatable bonds is 45. The molecule has 362 valence electrons. The number of carbonyl (C=O) groups is 3. The highest BCUT2D eigenvalue weighted by atomic mass is 16.6. The summed E-state index contributed by atoms with van der Waals surface area (Å²) in [5, 5.41) is 11.7. The molecule has 0 heterocycles. The first kappa shape index (κ1) is 59.8. The fourth-order valence-electron chi connectivity index (χ4n) is 7.20. The van der Waals surface area contributed by atoms with Crippen LogP contribution in [-0.4, -0.2) is 75.5 Å². The third-order valence-corrected chi connectivity index (χ3v) is 11.1. The summed E-state index contributed by atoms with van der Waals surface area (Å²) in [6.45, 7) is 4.50. The summed E-state index contributed by atoms with van der Waals surface area (Å²) in [7, 11) is 5.39. The number of nitrogens with zero attached hydrogens (tertiary/aromatic N) is 1. The average molecular weight is 882 g/mol. The summed E-state index contributed by atoms with van der Waals surface area (Å²) in [5.41, 5.74) is 0. The van der Waals surface area contributed by atoms with Crippen molar-refractivity contribution < 1.29 is 38.2 Å². The first-order valence-corrected chi connectivity index (χ1v) is 25.5. The van der Waals surface area contributed by atoms with E-state index >= 15 is 0 Å². The molecule has 2 unspecified atom stereocenters. The minimum Gasteiger partial charge on any atom is -0.544 e. The molecular weight excluding hydrogens is 787 g/mol. The predicted octanol–water partition coefficient (Wildman–Crippen LogP) is 13.4. The zero-order chi connectivity index (χ0) is 46.3. The number of likely N-dealkylation sites (N-methyl/N-ethyl adjacent to an activating group) is 1. The largest absolute Gasteiger partial charge is 0.544 e. The Bertz CT molecular complexity index is 1260. The molecule has 0 aliphatic carbocycles. The number of carbonyl (C=O) groups excluding carboxylic acids is 3. The molecule has 8 heteroatoms. The Morgan fingerprint density at radius 3 is 1.30 bits per heavy atom. The highest BCUT2D eigenvalue weighted by molar-refractivity contribution is 5.70. The van der Waals surface area contributed by atoms with E-state index < -0.39 is 18.1 Å². The van der Waals surface area contributed by atoms with Gasteiger partial charge in [0.05, 0.1) is 40.3 Å². The second-order valence-electron chi connectivity index (χ2n) is 18.0. The topological polar surface area (TPSA) is 102 Å². The third-order valence-electron chi connectivity index (χ3n) is 11.1. The van der Waals surface area contributed by atoms with Gasteiger partial charge < -0.3 is 28.6 Å². The van der Waals surface area contributed by atoms with Crippen molar-refractivity contribution in [3.8, 4) is 0 Å². The van der Waals surface area contributed by atoms with E-state index in [9.17, 15) is 19.5 Å². The normalized spacial score (nSPS) is 13.5. The van der Waals surface area contributed by atoms with Gasteiger partial charge in [0.25, 0.3) is 0 Å². The maximum absolute atomic E-state index is 12.8. The van der Waals surface area contributed by atoms with Crippen LogP contribution in [0.15, 0.2) is 72.9 Å². The number of esters is 2. The van der Waals surface area contributed by atoms with Gasteiger partial charge in [0.1, 0.15) is 12.6 Å². The zero-order valence-corrected chi connectivity index (χ0v) is 41.2. The molecule has 0 bridgehead atoms. The summed E-state index contributed by atoms with van der Waals surface area (Å²) < 4.78 is 17.2. The summed E-state index contributed by atoms with van der Waals surface area (Å²) in [5.74, 6) is -1.81. The SMILES string of the molecule is CC/C=C/C/C=C/C/C=C/C/C=C/C/C=C/C/C=C/CCCC(=O)OC(COCCC(C(=O)[O-])[N+](C)(C)C)COC(=O)CCCCCCCCCCCCCCCCCCCCC. The van der Waals surface area contributed by atoms with Gasteiger partial charge in [-0.25, -0.2) is 0 Å². The number of ether oxygens (including phenoxy) is 3. The summed E-state index contributed by atoms with van der Waals surface area (Å²) in [6, 6.07) is -0.739. The van der Waals surface area contributed by atoms with Gasteiger partial charge in [-0.3, -0.25) is 9.59 Å². The zero-order valence-electron chi connectivity index (χ0n) is 41.2. The summed E-state index contributed by atoms with van der Waals surface area (Å²) >= 11 is 0. The van der Waals surface area contributed by atoms with Gasteiger partial charge in [0.15, 0.2) is 6.10 Å². The first-order chi connectivity index (χ1) is 30.6. The Hall–Kier alpha value is -3.23. The Labute approximate surface area is 387 Å². The van der Waals surface area contributed by atoms with Crippen LogP contribution in [0.5, 0.6) is 0 Å². The van der Waals surface area contributed by atoms with Crippen LogP contribution in [0.3, 0.4) is 0 Å². The molecule has 0 spiro atoms. The van der Waals surface area contributed by atoms with E-state index in [4.69, 9.17) is 14.2 Å². The third kappa shape index (κ3) is 43.8. The Morgan fingerprint density at radius 2 is 0.889 bits per heavy atom. The Kier molecular flexibility index (Phi) is 43.0. The van der Waals surface area contributed by atoms with Crippen molar-refractivity contribution in [1.29, 1.82) is 0 Å². The molecule has 0 saturated heterocycles. The van der Waals surface area contributed by atoms with Gasteiger partial charge in [0.2, 0.25) is 0 Å². The van der Waals surface area contributed by atoms with E-state index in [0.717, 1.165) is 64.2 Å². The van der Waals surface area contributed by atoms with E-state index in [2.05, 4.69) is 86.8 Å². The maximum atomic E-state index is 12.8. The fraction of sp³-hybridized carbons (Fsp3) is 0.727. The van der Waals surface area contributed by atoms with Gasteiger partial charge in [0, 0.05) is 19.3 Å². The van der Waals surface area contributed by atoms with Crippen LogP contribution in [0.4, 0.5) is 0 Å². The molecule has 0 fully saturated rings. The van der Waals surface area contributed by atoms with Gasteiger partial charge >= 0.3 is 11.9 Å². The number of hydrogen-bond donors (Lipinski definition) is 0. The van der Waals surface area contributed by atoms with E-state index in [1.54, 1.807) is 21.1 Å². The number of hydrogen-bond acceptors (Lipinski definition) is 7. The molecule has 0 aromatic rings. The van der Waals surface area contributed by atoms with Gasteiger partial charge in [-0.05, 0) is 57.8 Å². The minimum atomic E-state index is -1.13. The van der Waals surface area contributed by atoms with E-state index in [0.29, 0.717) is 12.8 Å². The van der Waals surface area contributed by atoms with Gasteiger partial charge in [-0.1, -0.05) is 202 Å². The quantitative estimate of drug-likeness (QED) is 0.0260. The molecule has 0 saturated carbocycles. The lowest BCUT2D eigenvalue weighted by Gasteiger charge is -2.34. The second kappa shape index (κ2) is 45.3. The molecule has 0 aliphatic heterocycles. The number of aliphatic carboxylic acids is 1. The van der Waals surface area contributed by atoms with E-state index in [-0.39, 0.29) is 49.1 Å². The molecule has 0 amide bonds. The number of allylic oxidation sites excluding steroid dienone is 12. The lowest BCUT2D eigenvalue weighted by molar-refractivity contribution is -0.889. The molecule has 0 radical (unpaired) electrons. The monoisotopic (exact) mass is 882 g/mol. The van der Waals surface area contributed by atoms with Crippen LogP contribution in [0, 0.1) is 0 Å². The van der Waals surface area contributed by atoms with E-state index in [1.807, 2.05) is 0 Å². The smallest absolute Gasteiger partial charge is 0.306 e. The molecular formula is C55H95NO7. The summed E-state index contributed by atoms with van der Waals surface area (Å²) in [6.07, 6.45) is 58.0. The predicted molar refractivity (Wildman–Crippen MR) is 263 cm³/mol.